The third-order valence-corrected chi connectivity index (χ3v) is 0.599. The molecule has 0 aromatic carbocycles. The Hall–Kier alpha value is -1.23. The molecule has 0 aliphatic heterocycles. The van der Waals surface area contributed by atoms with Crippen LogP contribution in [-0.4, -0.2) is 7.11 Å². The molecule has 8 heavy (non-hydrogen) atoms. The predicted molar refractivity (Wildman–Crippen MR) is 30.9 cm³/mol. The molecule has 0 saturated carbocycles. The molecule has 0 saturated heterocycles. The van der Waals surface area contributed by atoms with Gasteiger partial charge in [-0.3, -0.25) is 0 Å². The minimum absolute atomic E-state index is 0.278. The van der Waals surface area contributed by atoms with Gasteiger partial charge in [-0.2, -0.15) is 5.26 Å². The van der Waals surface area contributed by atoms with Crippen molar-refractivity contribution in [3.05, 3.63) is 24.5 Å². The summed E-state index contributed by atoms with van der Waals surface area (Å²) in [4.78, 5) is 0. The lowest BCUT2D eigenvalue weighted by atomic mass is 10.5. The highest BCUT2D eigenvalue weighted by Crippen LogP contribution is 1.89. The molecule has 0 heterocycles. The average Bonchev–Trinajstić information content (AvgIpc) is 1.83. The van der Waals surface area contributed by atoms with Gasteiger partial charge in [0.05, 0.1) is 7.11 Å². The number of allylic oxidation sites excluding steroid dienone is 3. The Morgan fingerprint density at radius 2 is 2.50 bits per heavy atom. The Morgan fingerprint density at radius 3 is 2.62 bits per heavy atom. The van der Waals surface area contributed by atoms with Crippen molar-refractivity contribution in [2.24, 2.45) is 0 Å². The van der Waals surface area contributed by atoms with E-state index in [1.807, 2.05) is 6.07 Å². The standard InChI is InChI=1S/C6H7NO/c1-3-4-6(5-7)8-2/h3-4H,1H2,2H3/b6-4-. The smallest absolute Gasteiger partial charge is 0.196 e. The van der Waals surface area contributed by atoms with Crippen LogP contribution in [0.15, 0.2) is 24.5 Å². The lowest BCUT2D eigenvalue weighted by molar-refractivity contribution is 0.310. The van der Waals surface area contributed by atoms with E-state index < -0.39 is 0 Å². The van der Waals surface area contributed by atoms with E-state index in [0.717, 1.165) is 0 Å². The third-order valence-electron chi connectivity index (χ3n) is 0.599. The summed E-state index contributed by atoms with van der Waals surface area (Å²) in [6, 6.07) is 1.82. The van der Waals surface area contributed by atoms with Crippen LogP contribution >= 0.6 is 0 Å². The zero-order valence-electron chi connectivity index (χ0n) is 4.72. The number of hydrogen-bond donors (Lipinski definition) is 0. The van der Waals surface area contributed by atoms with Crippen LogP contribution in [0.25, 0.3) is 0 Å². The molecule has 0 radical (unpaired) electrons. The highest BCUT2D eigenvalue weighted by atomic mass is 16.5. The Bertz CT molecular complexity index is 141. The zero-order chi connectivity index (χ0) is 6.41. The zero-order valence-corrected chi connectivity index (χ0v) is 4.72. The van der Waals surface area contributed by atoms with Crippen molar-refractivity contribution in [1.29, 1.82) is 5.26 Å². The van der Waals surface area contributed by atoms with Gasteiger partial charge in [0.25, 0.3) is 0 Å². The van der Waals surface area contributed by atoms with Gasteiger partial charge in [-0.05, 0) is 6.08 Å². The Kier molecular flexibility index (Phi) is 3.34. The van der Waals surface area contributed by atoms with Gasteiger partial charge in [0.2, 0.25) is 0 Å². The van der Waals surface area contributed by atoms with Crippen LogP contribution in [0.3, 0.4) is 0 Å². The number of hydrogen-bond acceptors (Lipinski definition) is 2. The molecule has 0 bridgehead atoms. The lowest BCUT2D eigenvalue weighted by Gasteiger charge is -1.88. The number of rotatable bonds is 2. The van der Waals surface area contributed by atoms with E-state index in [1.54, 1.807) is 0 Å². The first-order chi connectivity index (χ1) is 3.85. The fourth-order valence-electron chi connectivity index (χ4n) is 0.258. The van der Waals surface area contributed by atoms with Gasteiger partial charge in [-0.15, -0.1) is 0 Å². The van der Waals surface area contributed by atoms with Crippen molar-refractivity contribution in [2.75, 3.05) is 7.11 Å². The second kappa shape index (κ2) is 3.94. The van der Waals surface area contributed by atoms with Crippen molar-refractivity contribution < 1.29 is 4.74 Å². The summed E-state index contributed by atoms with van der Waals surface area (Å²) in [7, 11) is 1.44. The molecular formula is C6H7NO. The maximum Gasteiger partial charge on any atom is 0.196 e. The molecule has 0 aliphatic rings. The molecular weight excluding hydrogens is 102 g/mol. The maximum atomic E-state index is 8.17. The van der Waals surface area contributed by atoms with Crippen LogP contribution in [0.5, 0.6) is 0 Å². The van der Waals surface area contributed by atoms with Crippen LogP contribution in [-0.2, 0) is 4.74 Å². The summed E-state index contributed by atoms with van der Waals surface area (Å²) in [6.07, 6.45) is 3.00. The van der Waals surface area contributed by atoms with Crippen LogP contribution < -0.4 is 0 Å². The Labute approximate surface area is 48.7 Å². The Morgan fingerprint density at radius 1 is 1.88 bits per heavy atom. The molecule has 42 valence electrons. The Balaban J connectivity index is 3.91. The van der Waals surface area contributed by atoms with Gasteiger partial charge in [-0.25, -0.2) is 0 Å². The van der Waals surface area contributed by atoms with Crippen LogP contribution in [0.1, 0.15) is 0 Å². The summed E-state index contributed by atoms with van der Waals surface area (Å²) in [5, 5.41) is 8.17. The monoisotopic (exact) mass is 109 g/mol. The largest absolute Gasteiger partial charge is 0.487 e. The van der Waals surface area contributed by atoms with E-state index in [1.165, 1.54) is 19.3 Å². The van der Waals surface area contributed by atoms with Gasteiger partial charge in [0.15, 0.2) is 5.76 Å². The van der Waals surface area contributed by atoms with Crippen LogP contribution in [0.4, 0.5) is 0 Å². The van der Waals surface area contributed by atoms with Crippen molar-refractivity contribution in [1.82, 2.24) is 0 Å². The molecule has 0 rings (SSSR count). The summed E-state index contributed by atoms with van der Waals surface area (Å²) in [5.41, 5.74) is 0. The van der Waals surface area contributed by atoms with E-state index in [-0.39, 0.29) is 5.76 Å². The number of ether oxygens (including phenoxy) is 1. The van der Waals surface area contributed by atoms with Crippen molar-refractivity contribution in [2.45, 2.75) is 0 Å². The van der Waals surface area contributed by atoms with Crippen molar-refractivity contribution in [3.63, 3.8) is 0 Å². The second-order valence-corrected chi connectivity index (χ2v) is 1.08. The molecule has 0 aromatic heterocycles. The van der Waals surface area contributed by atoms with E-state index >= 15 is 0 Å². The summed E-state index contributed by atoms with van der Waals surface area (Å²) in [6.45, 7) is 3.39. The highest BCUT2D eigenvalue weighted by Gasteiger charge is 1.83. The van der Waals surface area contributed by atoms with E-state index in [4.69, 9.17) is 5.26 Å². The van der Waals surface area contributed by atoms with E-state index in [9.17, 15) is 0 Å². The molecule has 2 heteroatoms. The van der Waals surface area contributed by atoms with Gasteiger partial charge < -0.3 is 4.74 Å². The molecule has 0 aromatic rings. The van der Waals surface area contributed by atoms with Crippen LogP contribution in [0, 0.1) is 11.3 Å². The molecule has 0 unspecified atom stereocenters. The third kappa shape index (κ3) is 2.04. The first kappa shape index (κ1) is 6.77. The summed E-state index contributed by atoms with van der Waals surface area (Å²) >= 11 is 0. The minimum atomic E-state index is 0.278. The molecule has 0 aliphatic carbocycles. The fraction of sp³-hybridized carbons (Fsp3) is 0.167. The fourth-order valence-corrected chi connectivity index (χ4v) is 0.258. The van der Waals surface area contributed by atoms with Gasteiger partial charge in [0, 0.05) is 0 Å². The molecule has 0 N–H and O–H groups in total. The van der Waals surface area contributed by atoms with Gasteiger partial charge >= 0.3 is 0 Å². The minimum Gasteiger partial charge on any atom is -0.487 e. The quantitative estimate of drug-likeness (QED) is 0.303. The molecule has 0 amide bonds. The summed E-state index contributed by atoms with van der Waals surface area (Å²) in [5.74, 6) is 0.278. The maximum absolute atomic E-state index is 8.17. The van der Waals surface area contributed by atoms with E-state index in [0.29, 0.717) is 0 Å². The first-order valence-electron chi connectivity index (χ1n) is 2.12. The molecule has 2 nitrogen and oxygen atoms in total. The second-order valence-electron chi connectivity index (χ2n) is 1.08. The lowest BCUT2D eigenvalue weighted by Crippen LogP contribution is -1.78. The topological polar surface area (TPSA) is 33.0 Å². The number of nitrogens with zero attached hydrogens (tertiary/aromatic N) is 1. The molecule has 0 spiro atoms. The van der Waals surface area contributed by atoms with Gasteiger partial charge in [0.1, 0.15) is 6.07 Å². The number of methoxy groups -OCH3 is 1. The summed E-state index contributed by atoms with van der Waals surface area (Å²) < 4.78 is 4.57. The van der Waals surface area contributed by atoms with Crippen molar-refractivity contribution >= 4 is 0 Å². The van der Waals surface area contributed by atoms with E-state index in [2.05, 4.69) is 11.3 Å². The highest BCUT2D eigenvalue weighted by molar-refractivity contribution is 5.17. The normalized spacial score (nSPS) is 9.75. The average molecular weight is 109 g/mol. The SMILES string of the molecule is C=C/C=C(/C#N)OC. The van der Waals surface area contributed by atoms with Gasteiger partial charge in [-0.1, -0.05) is 12.7 Å². The predicted octanol–water partition coefficient (Wildman–Crippen LogP) is 1.23. The molecule has 0 fully saturated rings. The number of nitriles is 1. The van der Waals surface area contributed by atoms with Crippen LogP contribution in [0.2, 0.25) is 0 Å². The molecule has 0 atom stereocenters. The first-order valence-corrected chi connectivity index (χ1v) is 2.12. The van der Waals surface area contributed by atoms with Crippen molar-refractivity contribution in [3.8, 4) is 6.07 Å².